The van der Waals surface area contributed by atoms with Crippen molar-refractivity contribution in [2.24, 2.45) is 5.10 Å². The second-order valence-corrected chi connectivity index (χ2v) is 6.81. The lowest BCUT2D eigenvalue weighted by atomic mass is 10.2. The van der Waals surface area contributed by atoms with Gasteiger partial charge in [-0.15, -0.1) is 0 Å². The third kappa shape index (κ3) is 4.41. The number of nitrogens with zero attached hydrogens (tertiary/aromatic N) is 2. The second kappa shape index (κ2) is 7.88. The van der Waals surface area contributed by atoms with Crippen LogP contribution in [0.2, 0.25) is 0 Å². The predicted octanol–water partition coefficient (Wildman–Crippen LogP) is 3.46. The summed E-state index contributed by atoms with van der Waals surface area (Å²) < 4.78 is 17.3. The molecule has 1 saturated carbocycles. The minimum atomic E-state index is 0.211. The molecule has 0 spiro atoms. The van der Waals surface area contributed by atoms with Crippen molar-refractivity contribution >= 4 is 6.21 Å². The maximum absolute atomic E-state index is 6.14. The number of ether oxygens (including phenoxy) is 3. The zero-order chi connectivity index (χ0) is 16.9. The van der Waals surface area contributed by atoms with E-state index in [4.69, 9.17) is 14.2 Å². The molecular weight excluding hydrogens is 304 g/mol. The van der Waals surface area contributed by atoms with E-state index < -0.39 is 0 Å². The Kier molecular flexibility index (Phi) is 5.61. The zero-order valence-electron chi connectivity index (χ0n) is 14.9. The van der Waals surface area contributed by atoms with Gasteiger partial charge in [-0.3, -0.25) is 5.01 Å². The highest BCUT2D eigenvalue weighted by Crippen LogP contribution is 2.32. The number of hydrogen-bond donors (Lipinski definition) is 0. The topological polar surface area (TPSA) is 43.3 Å². The smallest absolute Gasteiger partial charge is 0.162 e. The molecule has 0 radical (unpaired) electrons. The molecule has 2 aliphatic rings. The standard InChI is InChI=1S/C19H28N2O3/c1-14-12-21(13-15(2)23-14)20-11-16-8-9-18(22-3)19(10-16)24-17-6-4-5-7-17/h8-11,14-15,17H,4-7,12-13H2,1-3H3/b20-11+. The Balaban J connectivity index is 1.69. The molecule has 1 aliphatic carbocycles. The molecule has 24 heavy (non-hydrogen) atoms. The van der Waals surface area contributed by atoms with E-state index in [-0.39, 0.29) is 12.2 Å². The maximum atomic E-state index is 6.14. The van der Waals surface area contributed by atoms with Gasteiger partial charge in [0.1, 0.15) is 0 Å². The quantitative estimate of drug-likeness (QED) is 0.775. The summed E-state index contributed by atoms with van der Waals surface area (Å²) >= 11 is 0. The summed E-state index contributed by atoms with van der Waals surface area (Å²) in [6.45, 7) is 5.81. The highest BCUT2D eigenvalue weighted by atomic mass is 16.5. The van der Waals surface area contributed by atoms with E-state index in [1.807, 2.05) is 24.4 Å². The van der Waals surface area contributed by atoms with Crippen LogP contribution in [0.5, 0.6) is 11.5 Å². The molecule has 1 saturated heterocycles. The van der Waals surface area contributed by atoms with Crippen LogP contribution in [0.3, 0.4) is 0 Å². The van der Waals surface area contributed by atoms with Crippen LogP contribution in [0.1, 0.15) is 45.1 Å². The van der Waals surface area contributed by atoms with Crippen molar-refractivity contribution in [1.82, 2.24) is 5.01 Å². The van der Waals surface area contributed by atoms with Crippen molar-refractivity contribution in [2.75, 3.05) is 20.2 Å². The van der Waals surface area contributed by atoms with Crippen LogP contribution in [-0.4, -0.2) is 49.7 Å². The van der Waals surface area contributed by atoms with Crippen LogP contribution < -0.4 is 9.47 Å². The first-order valence-electron chi connectivity index (χ1n) is 8.93. The molecule has 0 amide bonds. The number of rotatable bonds is 5. The Labute approximate surface area is 144 Å². The highest BCUT2D eigenvalue weighted by molar-refractivity contribution is 5.80. The Hall–Kier alpha value is -1.75. The molecular formula is C19H28N2O3. The van der Waals surface area contributed by atoms with Crippen molar-refractivity contribution < 1.29 is 14.2 Å². The van der Waals surface area contributed by atoms with Gasteiger partial charge in [0.15, 0.2) is 11.5 Å². The Bertz CT molecular complexity index is 560. The maximum Gasteiger partial charge on any atom is 0.162 e. The summed E-state index contributed by atoms with van der Waals surface area (Å²) in [4.78, 5) is 0. The Morgan fingerprint density at radius 2 is 1.83 bits per heavy atom. The van der Waals surface area contributed by atoms with Crippen LogP contribution in [-0.2, 0) is 4.74 Å². The summed E-state index contributed by atoms with van der Waals surface area (Å²) in [7, 11) is 1.68. The lowest BCUT2D eigenvalue weighted by Gasteiger charge is -2.33. The van der Waals surface area contributed by atoms with E-state index in [1.165, 1.54) is 12.8 Å². The third-order valence-corrected chi connectivity index (χ3v) is 4.55. The Morgan fingerprint density at radius 1 is 1.12 bits per heavy atom. The van der Waals surface area contributed by atoms with Crippen LogP contribution in [0.25, 0.3) is 0 Å². The zero-order valence-corrected chi connectivity index (χ0v) is 14.9. The summed E-state index contributed by atoms with van der Waals surface area (Å²) in [5.41, 5.74) is 1.02. The van der Waals surface area contributed by atoms with Crippen LogP contribution in [0.15, 0.2) is 23.3 Å². The first-order chi connectivity index (χ1) is 11.6. The summed E-state index contributed by atoms with van der Waals surface area (Å²) in [6, 6.07) is 5.99. The van der Waals surface area contributed by atoms with Gasteiger partial charge in [0.25, 0.3) is 0 Å². The highest BCUT2D eigenvalue weighted by Gasteiger charge is 2.21. The molecule has 3 rings (SSSR count). The SMILES string of the molecule is COc1ccc(/C=N/N2CC(C)OC(C)C2)cc1OC1CCCC1. The van der Waals surface area contributed by atoms with Gasteiger partial charge in [0.05, 0.1) is 44.7 Å². The third-order valence-electron chi connectivity index (χ3n) is 4.55. The van der Waals surface area contributed by atoms with Gasteiger partial charge in [-0.25, -0.2) is 0 Å². The van der Waals surface area contributed by atoms with E-state index in [1.54, 1.807) is 7.11 Å². The number of hydrazone groups is 1. The lowest BCUT2D eigenvalue weighted by molar-refractivity contribution is -0.0671. The van der Waals surface area contributed by atoms with Gasteiger partial charge in [-0.1, -0.05) is 0 Å². The molecule has 0 bridgehead atoms. The van der Waals surface area contributed by atoms with Crippen LogP contribution in [0.4, 0.5) is 0 Å². The first-order valence-corrected chi connectivity index (χ1v) is 8.93. The van der Waals surface area contributed by atoms with Crippen molar-refractivity contribution in [3.63, 3.8) is 0 Å². The summed E-state index contributed by atoms with van der Waals surface area (Å²) in [5, 5.41) is 6.68. The molecule has 1 heterocycles. The largest absolute Gasteiger partial charge is 0.493 e. The van der Waals surface area contributed by atoms with E-state index in [9.17, 15) is 0 Å². The van der Waals surface area contributed by atoms with Gasteiger partial charge >= 0.3 is 0 Å². The van der Waals surface area contributed by atoms with E-state index in [0.717, 1.165) is 43.0 Å². The number of benzene rings is 1. The van der Waals surface area contributed by atoms with Crippen LogP contribution in [0, 0.1) is 0 Å². The molecule has 2 atom stereocenters. The fourth-order valence-corrected chi connectivity index (χ4v) is 3.44. The molecule has 5 heteroatoms. The van der Waals surface area contributed by atoms with E-state index in [0.29, 0.717) is 6.10 Å². The molecule has 1 aromatic carbocycles. The summed E-state index contributed by atoms with van der Waals surface area (Å²) in [5.74, 6) is 1.60. The number of methoxy groups -OCH3 is 1. The second-order valence-electron chi connectivity index (χ2n) is 6.81. The molecule has 132 valence electrons. The van der Waals surface area contributed by atoms with Crippen molar-refractivity contribution in [1.29, 1.82) is 0 Å². The number of morpholine rings is 1. The average Bonchev–Trinajstić information content (AvgIpc) is 3.05. The molecule has 1 aliphatic heterocycles. The fourth-order valence-electron chi connectivity index (χ4n) is 3.44. The normalized spacial score (nSPS) is 25.4. The van der Waals surface area contributed by atoms with Gasteiger partial charge in [-0.05, 0) is 63.3 Å². The molecule has 2 unspecified atom stereocenters. The van der Waals surface area contributed by atoms with Gasteiger partial charge < -0.3 is 14.2 Å². The minimum absolute atomic E-state index is 0.211. The average molecular weight is 332 g/mol. The Morgan fingerprint density at radius 3 is 2.50 bits per heavy atom. The predicted molar refractivity (Wildman–Crippen MR) is 95.1 cm³/mol. The molecule has 1 aromatic rings. The molecule has 0 N–H and O–H groups in total. The number of hydrogen-bond acceptors (Lipinski definition) is 5. The van der Waals surface area contributed by atoms with Crippen molar-refractivity contribution in [3.05, 3.63) is 23.8 Å². The molecule has 0 aromatic heterocycles. The van der Waals surface area contributed by atoms with Crippen LogP contribution >= 0.6 is 0 Å². The van der Waals surface area contributed by atoms with Crippen molar-refractivity contribution in [3.8, 4) is 11.5 Å². The van der Waals surface area contributed by atoms with E-state index in [2.05, 4.69) is 24.0 Å². The fraction of sp³-hybridized carbons (Fsp3) is 0.632. The monoisotopic (exact) mass is 332 g/mol. The van der Waals surface area contributed by atoms with Gasteiger partial charge in [-0.2, -0.15) is 5.10 Å². The van der Waals surface area contributed by atoms with Gasteiger partial charge in [0, 0.05) is 0 Å². The molecule has 5 nitrogen and oxygen atoms in total. The molecule has 2 fully saturated rings. The van der Waals surface area contributed by atoms with Gasteiger partial charge in [0.2, 0.25) is 0 Å². The van der Waals surface area contributed by atoms with E-state index >= 15 is 0 Å². The van der Waals surface area contributed by atoms with Crippen molar-refractivity contribution in [2.45, 2.75) is 57.8 Å². The summed E-state index contributed by atoms with van der Waals surface area (Å²) in [6.07, 6.45) is 7.39. The lowest BCUT2D eigenvalue weighted by Crippen LogP contribution is -2.42. The minimum Gasteiger partial charge on any atom is -0.493 e. The first kappa shape index (κ1) is 17.1.